The lowest BCUT2D eigenvalue weighted by molar-refractivity contribution is -0.123. The number of alkyl halides is 2. The van der Waals surface area contributed by atoms with Crippen LogP contribution in [0, 0.1) is 6.92 Å². The summed E-state index contributed by atoms with van der Waals surface area (Å²) in [5, 5.41) is 2.12. The van der Waals surface area contributed by atoms with Crippen molar-refractivity contribution in [3.8, 4) is 5.75 Å². The van der Waals surface area contributed by atoms with Gasteiger partial charge < -0.3 is 15.8 Å². The van der Waals surface area contributed by atoms with Gasteiger partial charge in [0.25, 0.3) is 5.92 Å². The van der Waals surface area contributed by atoms with E-state index in [1.807, 2.05) is 19.1 Å². The number of benzene rings is 1. The molecule has 3 N–H and O–H groups in total. The molecule has 0 aliphatic carbocycles. The summed E-state index contributed by atoms with van der Waals surface area (Å²) in [5.74, 6) is -2.96. The minimum absolute atomic E-state index is 0. The van der Waals surface area contributed by atoms with Gasteiger partial charge in [-0.15, -0.1) is 12.4 Å². The Labute approximate surface area is 137 Å². The Morgan fingerprint density at radius 1 is 1.48 bits per heavy atom. The van der Waals surface area contributed by atoms with Crippen LogP contribution < -0.4 is 15.8 Å². The summed E-state index contributed by atoms with van der Waals surface area (Å²) in [6.45, 7) is 0.512. The highest BCUT2D eigenvalue weighted by atomic mass is 79.9. The van der Waals surface area contributed by atoms with Gasteiger partial charge in [0.2, 0.25) is 5.91 Å². The third-order valence-corrected chi connectivity index (χ3v) is 3.14. The number of ether oxygens (including phenoxy) is 1. The van der Waals surface area contributed by atoms with Crippen molar-refractivity contribution in [1.82, 2.24) is 5.32 Å². The van der Waals surface area contributed by atoms with Crippen molar-refractivity contribution in [2.45, 2.75) is 19.3 Å². The van der Waals surface area contributed by atoms with Crippen molar-refractivity contribution < 1.29 is 18.3 Å². The van der Waals surface area contributed by atoms with Crippen LogP contribution >= 0.6 is 28.3 Å². The second-order valence-corrected chi connectivity index (χ2v) is 5.22. The molecule has 0 aromatic heterocycles. The standard InChI is InChI=1S/C13H17BrF2N2O2.ClH/c1-9-2-3-11(10(14)6-9)20-5-4-12(19)18-8-13(15,16)7-17;/h2-3,6H,4-5,7-8,17H2,1H3,(H,18,19);1H. The first kappa shape index (κ1) is 20.1. The van der Waals surface area contributed by atoms with Gasteiger partial charge >= 0.3 is 0 Å². The molecule has 21 heavy (non-hydrogen) atoms. The zero-order chi connectivity index (χ0) is 15.2. The fraction of sp³-hybridized carbons (Fsp3) is 0.462. The number of aryl methyl sites for hydroxylation is 1. The van der Waals surface area contributed by atoms with Gasteiger partial charge in [0.1, 0.15) is 5.75 Å². The van der Waals surface area contributed by atoms with E-state index < -0.39 is 24.9 Å². The molecule has 0 bridgehead atoms. The van der Waals surface area contributed by atoms with Crippen LogP contribution in [-0.2, 0) is 4.79 Å². The molecule has 0 atom stereocenters. The van der Waals surface area contributed by atoms with Crippen molar-refractivity contribution in [2.24, 2.45) is 5.73 Å². The predicted octanol–water partition coefficient (Wildman–Crippen LogP) is 2.66. The summed E-state index contributed by atoms with van der Waals surface area (Å²) in [6.07, 6.45) is 0.000960. The molecule has 0 heterocycles. The molecule has 0 saturated heterocycles. The second kappa shape index (κ2) is 9.17. The highest BCUT2D eigenvalue weighted by Crippen LogP contribution is 2.25. The SMILES string of the molecule is Cc1ccc(OCCC(=O)NCC(F)(F)CN)c(Br)c1.Cl. The van der Waals surface area contributed by atoms with E-state index in [1.165, 1.54) is 0 Å². The van der Waals surface area contributed by atoms with Gasteiger partial charge in [-0.25, -0.2) is 8.78 Å². The molecule has 0 unspecified atom stereocenters. The van der Waals surface area contributed by atoms with Crippen LogP contribution in [0.15, 0.2) is 22.7 Å². The molecular formula is C13H18BrClF2N2O2. The quantitative estimate of drug-likeness (QED) is 0.756. The minimum Gasteiger partial charge on any atom is -0.492 e. The van der Waals surface area contributed by atoms with Gasteiger partial charge in [-0.1, -0.05) is 6.07 Å². The van der Waals surface area contributed by atoms with Crippen LogP contribution in [0.3, 0.4) is 0 Å². The van der Waals surface area contributed by atoms with Gasteiger partial charge in [0, 0.05) is 0 Å². The number of rotatable bonds is 7. The highest BCUT2D eigenvalue weighted by Gasteiger charge is 2.26. The summed E-state index contributed by atoms with van der Waals surface area (Å²) in [7, 11) is 0. The third-order valence-electron chi connectivity index (χ3n) is 2.52. The zero-order valence-corrected chi connectivity index (χ0v) is 13.9. The highest BCUT2D eigenvalue weighted by molar-refractivity contribution is 9.10. The molecule has 0 aliphatic heterocycles. The van der Waals surface area contributed by atoms with Gasteiger partial charge in [-0.3, -0.25) is 4.79 Å². The predicted molar refractivity (Wildman–Crippen MR) is 83.3 cm³/mol. The van der Waals surface area contributed by atoms with Gasteiger partial charge in [-0.2, -0.15) is 0 Å². The number of nitrogens with two attached hydrogens (primary N) is 1. The maximum atomic E-state index is 12.8. The third kappa shape index (κ3) is 7.59. The molecule has 0 aliphatic rings. The van der Waals surface area contributed by atoms with Crippen molar-refractivity contribution in [3.05, 3.63) is 28.2 Å². The second-order valence-electron chi connectivity index (χ2n) is 4.37. The van der Waals surface area contributed by atoms with E-state index in [0.717, 1.165) is 10.0 Å². The molecule has 1 aromatic carbocycles. The molecule has 4 nitrogen and oxygen atoms in total. The van der Waals surface area contributed by atoms with E-state index in [9.17, 15) is 13.6 Å². The van der Waals surface area contributed by atoms with Crippen molar-refractivity contribution in [1.29, 1.82) is 0 Å². The fourth-order valence-corrected chi connectivity index (χ4v) is 1.97. The molecule has 120 valence electrons. The summed E-state index contributed by atoms with van der Waals surface area (Å²) >= 11 is 3.34. The Hall–Kier alpha value is -0.920. The molecule has 0 radical (unpaired) electrons. The van der Waals surface area contributed by atoms with E-state index >= 15 is 0 Å². The number of nitrogens with one attached hydrogen (secondary N) is 1. The lowest BCUT2D eigenvalue weighted by Crippen LogP contribution is -2.41. The number of hydrogen-bond acceptors (Lipinski definition) is 3. The molecule has 8 heteroatoms. The largest absolute Gasteiger partial charge is 0.492 e. The van der Waals surface area contributed by atoms with Crippen molar-refractivity contribution in [3.63, 3.8) is 0 Å². The van der Waals surface area contributed by atoms with E-state index in [-0.39, 0.29) is 25.4 Å². The normalized spacial score (nSPS) is 10.7. The molecule has 1 rings (SSSR count). The first-order valence-corrected chi connectivity index (χ1v) is 6.87. The lowest BCUT2D eigenvalue weighted by atomic mass is 10.2. The maximum absolute atomic E-state index is 12.8. The first-order valence-electron chi connectivity index (χ1n) is 6.07. The van der Waals surface area contributed by atoms with Gasteiger partial charge in [0.05, 0.1) is 30.6 Å². The molecule has 1 amide bonds. The summed E-state index contributed by atoms with van der Waals surface area (Å²) in [4.78, 5) is 11.4. The van der Waals surface area contributed by atoms with Crippen LogP contribution in [-0.4, -0.2) is 31.5 Å². The minimum atomic E-state index is -3.07. The van der Waals surface area contributed by atoms with Crippen LogP contribution in [0.1, 0.15) is 12.0 Å². The Kier molecular flexibility index (Phi) is 8.77. The van der Waals surface area contributed by atoms with Crippen molar-refractivity contribution in [2.75, 3.05) is 19.7 Å². The van der Waals surface area contributed by atoms with Crippen LogP contribution in [0.2, 0.25) is 0 Å². The van der Waals surface area contributed by atoms with Crippen LogP contribution in [0.25, 0.3) is 0 Å². The molecule has 0 fully saturated rings. The molecule has 0 spiro atoms. The van der Waals surface area contributed by atoms with E-state index in [1.54, 1.807) is 6.07 Å². The smallest absolute Gasteiger partial charge is 0.277 e. The average molecular weight is 388 g/mol. The maximum Gasteiger partial charge on any atom is 0.277 e. The van der Waals surface area contributed by atoms with Crippen molar-refractivity contribution >= 4 is 34.2 Å². The number of hydrogen-bond donors (Lipinski definition) is 2. The monoisotopic (exact) mass is 386 g/mol. The summed E-state index contributed by atoms with van der Waals surface area (Å²) < 4.78 is 31.8. The lowest BCUT2D eigenvalue weighted by Gasteiger charge is -2.14. The average Bonchev–Trinajstić information content (AvgIpc) is 2.39. The van der Waals surface area contributed by atoms with Crippen LogP contribution in [0.5, 0.6) is 5.75 Å². The number of carbonyl (C=O) groups excluding carboxylic acids is 1. The fourth-order valence-electron chi connectivity index (χ4n) is 1.37. The topological polar surface area (TPSA) is 64.3 Å². The summed E-state index contributed by atoms with van der Waals surface area (Å²) in [6, 6.07) is 5.54. The first-order chi connectivity index (χ1) is 9.34. The molecular weight excluding hydrogens is 370 g/mol. The Morgan fingerprint density at radius 2 is 2.14 bits per heavy atom. The Balaban J connectivity index is 0.00000400. The van der Waals surface area contributed by atoms with Crippen LogP contribution in [0.4, 0.5) is 8.78 Å². The Morgan fingerprint density at radius 3 is 2.71 bits per heavy atom. The zero-order valence-electron chi connectivity index (χ0n) is 11.5. The molecule has 1 aromatic rings. The number of carbonyl (C=O) groups is 1. The summed E-state index contributed by atoms with van der Waals surface area (Å²) in [5.41, 5.74) is 5.94. The van der Waals surface area contributed by atoms with E-state index in [2.05, 4.69) is 21.2 Å². The Bertz CT molecular complexity index is 475. The number of amides is 1. The van der Waals surface area contributed by atoms with E-state index in [4.69, 9.17) is 10.5 Å². The molecule has 0 saturated carbocycles. The van der Waals surface area contributed by atoms with Gasteiger partial charge in [0.15, 0.2) is 0 Å². The van der Waals surface area contributed by atoms with Gasteiger partial charge in [-0.05, 0) is 40.5 Å². The van der Waals surface area contributed by atoms with E-state index in [0.29, 0.717) is 5.75 Å². The number of halogens is 4.